The number of hydrogen-bond acceptors (Lipinski definition) is 3. The number of β-amino-alcohol motifs (C(OH)–C–C–N with tert-alkyl or cyclic N) is 1. The van der Waals surface area contributed by atoms with E-state index in [9.17, 15) is 5.11 Å². The molecule has 0 spiro atoms. The summed E-state index contributed by atoms with van der Waals surface area (Å²) >= 11 is 0. The van der Waals surface area contributed by atoms with Gasteiger partial charge in [-0.2, -0.15) is 0 Å². The first-order chi connectivity index (χ1) is 5.31. The van der Waals surface area contributed by atoms with Gasteiger partial charge in [-0.3, -0.25) is 4.90 Å². The largest absolute Gasteiger partial charge is 0.374 e. The number of aliphatic hydroxyl groups is 1. The van der Waals surface area contributed by atoms with E-state index in [1.54, 1.807) is 0 Å². The van der Waals surface area contributed by atoms with Crippen LogP contribution >= 0.6 is 0 Å². The summed E-state index contributed by atoms with van der Waals surface area (Å²) in [6.07, 6.45) is 3.25. The van der Waals surface area contributed by atoms with Gasteiger partial charge < -0.3 is 10.4 Å². The van der Waals surface area contributed by atoms with Gasteiger partial charge in [0.15, 0.2) is 0 Å². The van der Waals surface area contributed by atoms with Crippen molar-refractivity contribution in [1.82, 2.24) is 10.2 Å². The standard InChI is InChI=1S/C8H15N2O/c11-8(3-4-9-7-8)10-5-1-2-6-10/h4,9,11H,1-3,5-7H2. The molecule has 0 aromatic carbocycles. The molecule has 0 aliphatic carbocycles. The SMILES string of the molecule is OC1(N2CCCC2)C[CH]NC1. The summed E-state index contributed by atoms with van der Waals surface area (Å²) in [7, 11) is 0. The quantitative estimate of drug-likeness (QED) is 0.556. The Bertz CT molecular complexity index is 137. The Morgan fingerprint density at radius 3 is 2.64 bits per heavy atom. The summed E-state index contributed by atoms with van der Waals surface area (Å²) in [6, 6.07) is 0. The first-order valence-electron chi connectivity index (χ1n) is 4.34. The maximum atomic E-state index is 10.0. The lowest BCUT2D eigenvalue weighted by molar-refractivity contribution is -0.0783. The van der Waals surface area contributed by atoms with E-state index >= 15 is 0 Å². The van der Waals surface area contributed by atoms with E-state index in [1.807, 2.05) is 6.54 Å². The third-order valence-corrected chi connectivity index (χ3v) is 2.65. The van der Waals surface area contributed by atoms with Crippen LogP contribution in [0.4, 0.5) is 0 Å². The highest BCUT2D eigenvalue weighted by Crippen LogP contribution is 2.25. The monoisotopic (exact) mass is 155 g/mol. The van der Waals surface area contributed by atoms with Crippen molar-refractivity contribution in [2.45, 2.75) is 25.0 Å². The molecule has 0 bridgehead atoms. The Morgan fingerprint density at radius 2 is 2.09 bits per heavy atom. The van der Waals surface area contributed by atoms with Gasteiger partial charge in [-0.25, -0.2) is 0 Å². The van der Waals surface area contributed by atoms with E-state index in [2.05, 4.69) is 10.2 Å². The molecule has 2 aliphatic rings. The Balaban J connectivity index is 2.00. The van der Waals surface area contributed by atoms with E-state index in [-0.39, 0.29) is 0 Å². The number of rotatable bonds is 1. The second-order valence-corrected chi connectivity index (χ2v) is 3.47. The average molecular weight is 155 g/mol. The van der Waals surface area contributed by atoms with Crippen LogP contribution in [-0.4, -0.2) is 35.4 Å². The Kier molecular flexibility index (Phi) is 1.87. The molecule has 3 heteroatoms. The lowest BCUT2D eigenvalue weighted by Crippen LogP contribution is -2.48. The molecular weight excluding hydrogens is 140 g/mol. The van der Waals surface area contributed by atoms with Crippen LogP contribution < -0.4 is 5.32 Å². The molecule has 2 aliphatic heterocycles. The van der Waals surface area contributed by atoms with E-state index in [0.29, 0.717) is 6.54 Å². The van der Waals surface area contributed by atoms with Gasteiger partial charge in [-0.05, 0) is 12.8 Å². The smallest absolute Gasteiger partial charge is 0.132 e. The minimum absolute atomic E-state index is 0.559. The van der Waals surface area contributed by atoms with E-state index < -0.39 is 5.72 Å². The molecule has 3 nitrogen and oxygen atoms in total. The van der Waals surface area contributed by atoms with Crippen LogP contribution in [0.3, 0.4) is 0 Å². The fourth-order valence-electron chi connectivity index (χ4n) is 1.92. The fraction of sp³-hybridized carbons (Fsp3) is 0.875. The van der Waals surface area contributed by atoms with Crippen LogP contribution in [0.5, 0.6) is 0 Å². The third kappa shape index (κ3) is 1.28. The minimum Gasteiger partial charge on any atom is -0.374 e. The van der Waals surface area contributed by atoms with Crippen molar-refractivity contribution in [3.8, 4) is 0 Å². The van der Waals surface area contributed by atoms with Crippen LogP contribution in [0, 0.1) is 6.54 Å². The molecular formula is C8H15N2O. The van der Waals surface area contributed by atoms with Crippen LogP contribution in [0.2, 0.25) is 0 Å². The average Bonchev–Trinajstić information content (AvgIpc) is 2.55. The van der Waals surface area contributed by atoms with Crippen LogP contribution in [0.1, 0.15) is 19.3 Å². The fourth-order valence-corrected chi connectivity index (χ4v) is 1.92. The predicted octanol–water partition coefficient (Wildman–Crippen LogP) is -0.0741. The molecule has 2 saturated heterocycles. The van der Waals surface area contributed by atoms with E-state index in [0.717, 1.165) is 19.5 Å². The molecule has 1 radical (unpaired) electrons. The number of likely N-dealkylation sites (tertiary alicyclic amines) is 1. The van der Waals surface area contributed by atoms with Gasteiger partial charge in [-0.1, -0.05) is 0 Å². The van der Waals surface area contributed by atoms with Gasteiger partial charge >= 0.3 is 0 Å². The zero-order valence-electron chi connectivity index (χ0n) is 6.71. The number of hydrogen-bond donors (Lipinski definition) is 2. The molecule has 63 valence electrons. The number of nitrogens with one attached hydrogen (secondary N) is 1. The second-order valence-electron chi connectivity index (χ2n) is 3.47. The first-order valence-corrected chi connectivity index (χ1v) is 4.34. The maximum absolute atomic E-state index is 10.0. The molecule has 0 aromatic heterocycles. The third-order valence-electron chi connectivity index (χ3n) is 2.65. The minimum atomic E-state index is -0.559. The highest BCUT2D eigenvalue weighted by Gasteiger charge is 2.38. The van der Waals surface area contributed by atoms with Crippen molar-refractivity contribution in [2.24, 2.45) is 0 Å². The Morgan fingerprint density at radius 1 is 1.36 bits per heavy atom. The van der Waals surface area contributed by atoms with Crippen molar-refractivity contribution < 1.29 is 5.11 Å². The van der Waals surface area contributed by atoms with Crippen molar-refractivity contribution in [3.63, 3.8) is 0 Å². The van der Waals surface area contributed by atoms with E-state index in [4.69, 9.17) is 0 Å². The molecule has 1 unspecified atom stereocenters. The molecule has 2 fully saturated rings. The predicted molar refractivity (Wildman–Crippen MR) is 42.7 cm³/mol. The lowest BCUT2D eigenvalue weighted by Gasteiger charge is -2.32. The highest BCUT2D eigenvalue weighted by molar-refractivity contribution is 4.94. The van der Waals surface area contributed by atoms with Crippen molar-refractivity contribution >= 4 is 0 Å². The lowest BCUT2D eigenvalue weighted by atomic mass is 10.1. The summed E-state index contributed by atoms with van der Waals surface area (Å²) < 4.78 is 0. The summed E-state index contributed by atoms with van der Waals surface area (Å²) in [4.78, 5) is 2.18. The normalized spacial score (nSPS) is 40.1. The molecule has 0 amide bonds. The van der Waals surface area contributed by atoms with Gasteiger partial charge in [0.25, 0.3) is 0 Å². The molecule has 2 N–H and O–H groups in total. The molecule has 0 saturated carbocycles. The van der Waals surface area contributed by atoms with Crippen LogP contribution in [-0.2, 0) is 0 Å². The molecule has 0 aromatic rings. The van der Waals surface area contributed by atoms with Crippen LogP contribution in [0.25, 0.3) is 0 Å². The molecule has 1 atom stereocenters. The molecule has 2 rings (SSSR count). The van der Waals surface area contributed by atoms with Gasteiger partial charge in [-0.15, -0.1) is 0 Å². The van der Waals surface area contributed by atoms with Crippen molar-refractivity contribution in [1.29, 1.82) is 0 Å². The van der Waals surface area contributed by atoms with Crippen LogP contribution in [0.15, 0.2) is 0 Å². The summed E-state index contributed by atoms with van der Waals surface area (Å²) in [6.45, 7) is 4.78. The van der Waals surface area contributed by atoms with Gasteiger partial charge in [0.1, 0.15) is 5.72 Å². The number of nitrogens with zero attached hydrogens (tertiary/aromatic N) is 1. The maximum Gasteiger partial charge on any atom is 0.132 e. The second kappa shape index (κ2) is 2.73. The summed E-state index contributed by atoms with van der Waals surface area (Å²) in [5.74, 6) is 0. The van der Waals surface area contributed by atoms with Gasteiger partial charge in [0, 0.05) is 32.6 Å². The Labute approximate surface area is 67.4 Å². The zero-order valence-corrected chi connectivity index (χ0v) is 6.71. The first kappa shape index (κ1) is 7.53. The van der Waals surface area contributed by atoms with Gasteiger partial charge in [0.2, 0.25) is 0 Å². The van der Waals surface area contributed by atoms with Crippen molar-refractivity contribution in [3.05, 3.63) is 6.54 Å². The van der Waals surface area contributed by atoms with Crippen molar-refractivity contribution in [2.75, 3.05) is 19.6 Å². The molecule has 2 heterocycles. The van der Waals surface area contributed by atoms with Gasteiger partial charge in [0.05, 0.1) is 0 Å². The summed E-state index contributed by atoms with van der Waals surface area (Å²) in [5, 5.41) is 13.1. The zero-order chi connectivity index (χ0) is 7.73. The summed E-state index contributed by atoms with van der Waals surface area (Å²) in [5.41, 5.74) is -0.559. The molecule has 11 heavy (non-hydrogen) atoms. The Hall–Kier alpha value is -0.120. The topological polar surface area (TPSA) is 35.5 Å². The van der Waals surface area contributed by atoms with E-state index in [1.165, 1.54) is 12.8 Å². The highest BCUT2D eigenvalue weighted by atomic mass is 16.3.